The number of imidazole rings is 1. The van der Waals surface area contributed by atoms with Crippen LogP contribution in [0.5, 0.6) is 0 Å². The molecule has 3 aromatic rings. The maximum Gasteiger partial charge on any atom is 0.411 e. The van der Waals surface area contributed by atoms with Crippen molar-refractivity contribution in [2.75, 3.05) is 17.7 Å². The van der Waals surface area contributed by atoms with Crippen LogP contribution in [0.4, 0.5) is 16.2 Å². The zero-order chi connectivity index (χ0) is 29.9. The maximum atomic E-state index is 12.6. The minimum absolute atomic E-state index is 0.138. The van der Waals surface area contributed by atoms with Gasteiger partial charge in [-0.15, -0.1) is 0 Å². The lowest BCUT2D eigenvalue weighted by Crippen LogP contribution is -2.25. The Morgan fingerprint density at radius 2 is 1.90 bits per heavy atom. The zero-order valence-corrected chi connectivity index (χ0v) is 24.0. The summed E-state index contributed by atoms with van der Waals surface area (Å²) < 4.78 is 4.66. The number of nitrogens with one attached hydrogen (secondary N) is 4. The van der Waals surface area contributed by atoms with Gasteiger partial charge in [0.05, 0.1) is 30.7 Å². The molecule has 0 unspecified atom stereocenters. The van der Waals surface area contributed by atoms with Crippen LogP contribution in [0, 0.1) is 0 Å². The number of carbonyl (C=O) groups is 4. The SMILES string of the molecule is C/C=C/CCC(=O)Nc1cc(NC(=O)OC)ccc1-c1cnc([C@H](C)NC(=O)/C=C/c2cc(Cl)ccc2C(C)=O)[nH]1. The Bertz CT molecular complexity index is 1490. The molecule has 0 aliphatic carbocycles. The van der Waals surface area contributed by atoms with E-state index in [1.54, 1.807) is 49.5 Å². The summed E-state index contributed by atoms with van der Waals surface area (Å²) in [5.74, 6) is -0.242. The number of rotatable bonds is 11. The highest BCUT2D eigenvalue weighted by molar-refractivity contribution is 6.31. The topological polar surface area (TPSA) is 142 Å². The van der Waals surface area contributed by atoms with Crippen LogP contribution in [0.15, 0.2) is 60.8 Å². The molecule has 1 aromatic heterocycles. The number of carbonyl (C=O) groups excluding carboxylic acids is 4. The molecule has 0 radical (unpaired) electrons. The highest BCUT2D eigenvalue weighted by Gasteiger charge is 2.16. The molecule has 0 spiro atoms. The second-order valence-electron chi connectivity index (χ2n) is 9.07. The van der Waals surface area contributed by atoms with Gasteiger partial charge < -0.3 is 20.4 Å². The number of ether oxygens (including phenoxy) is 1. The summed E-state index contributed by atoms with van der Waals surface area (Å²) in [6.07, 6.45) is 8.47. The number of Topliss-reactive ketones (excluding diaryl/α,β-unsaturated/α-hetero) is 1. The van der Waals surface area contributed by atoms with E-state index in [0.29, 0.717) is 51.0 Å². The number of benzene rings is 2. The second-order valence-corrected chi connectivity index (χ2v) is 9.50. The predicted molar refractivity (Wildman–Crippen MR) is 160 cm³/mol. The van der Waals surface area contributed by atoms with Crippen LogP contribution in [-0.4, -0.2) is 40.8 Å². The smallest absolute Gasteiger partial charge is 0.411 e. The van der Waals surface area contributed by atoms with Gasteiger partial charge in [-0.2, -0.15) is 0 Å². The molecule has 1 heterocycles. The number of amides is 3. The molecule has 11 heteroatoms. The number of allylic oxidation sites excluding steroid dienone is 2. The van der Waals surface area contributed by atoms with Crippen LogP contribution >= 0.6 is 11.6 Å². The van der Waals surface area contributed by atoms with Crippen molar-refractivity contribution in [2.24, 2.45) is 0 Å². The van der Waals surface area contributed by atoms with Crippen LogP contribution in [0.3, 0.4) is 0 Å². The van der Waals surface area contributed by atoms with Crippen molar-refractivity contribution in [3.63, 3.8) is 0 Å². The van der Waals surface area contributed by atoms with Crippen LogP contribution in [0.1, 0.15) is 61.4 Å². The van der Waals surface area contributed by atoms with Gasteiger partial charge in [0.2, 0.25) is 11.8 Å². The van der Waals surface area contributed by atoms with Crippen molar-refractivity contribution in [3.8, 4) is 11.3 Å². The molecule has 0 aliphatic rings. The number of hydrogen-bond donors (Lipinski definition) is 4. The number of aromatic nitrogens is 2. The molecule has 1 atom stereocenters. The van der Waals surface area contributed by atoms with Crippen molar-refractivity contribution in [3.05, 3.63) is 82.8 Å². The first-order valence-electron chi connectivity index (χ1n) is 12.9. The molecule has 0 fully saturated rings. The molecule has 10 nitrogen and oxygen atoms in total. The average molecular weight is 578 g/mol. The lowest BCUT2D eigenvalue weighted by molar-refractivity contribution is -0.117. The molecular weight excluding hydrogens is 546 g/mol. The van der Waals surface area contributed by atoms with E-state index in [1.807, 2.05) is 19.1 Å². The molecular formula is C30H32ClN5O5. The van der Waals surface area contributed by atoms with Crippen molar-refractivity contribution >= 4 is 52.7 Å². The highest BCUT2D eigenvalue weighted by Crippen LogP contribution is 2.31. The third-order valence-corrected chi connectivity index (χ3v) is 6.20. The summed E-state index contributed by atoms with van der Waals surface area (Å²) in [7, 11) is 1.26. The van der Waals surface area contributed by atoms with E-state index in [-0.39, 0.29) is 18.1 Å². The Kier molecular flexibility index (Phi) is 11.0. The van der Waals surface area contributed by atoms with Crippen LogP contribution in [0.25, 0.3) is 17.3 Å². The quantitative estimate of drug-likeness (QED) is 0.120. The third-order valence-electron chi connectivity index (χ3n) is 5.96. The molecule has 3 amide bonds. The van der Waals surface area contributed by atoms with E-state index >= 15 is 0 Å². The van der Waals surface area contributed by atoms with Gasteiger partial charge in [0.1, 0.15) is 5.82 Å². The molecule has 3 rings (SSSR count). The Morgan fingerprint density at radius 3 is 2.61 bits per heavy atom. The Balaban J connectivity index is 1.78. The summed E-state index contributed by atoms with van der Waals surface area (Å²) in [5.41, 5.74) is 3.12. The first-order valence-corrected chi connectivity index (χ1v) is 13.2. The van der Waals surface area contributed by atoms with E-state index < -0.39 is 18.0 Å². The summed E-state index contributed by atoms with van der Waals surface area (Å²) in [5, 5.41) is 8.77. The summed E-state index contributed by atoms with van der Waals surface area (Å²) in [6.45, 7) is 5.10. The van der Waals surface area contributed by atoms with Gasteiger partial charge in [-0.1, -0.05) is 23.8 Å². The lowest BCUT2D eigenvalue weighted by Gasteiger charge is -2.13. The minimum Gasteiger partial charge on any atom is -0.453 e. The molecule has 0 saturated carbocycles. The largest absolute Gasteiger partial charge is 0.453 e. The summed E-state index contributed by atoms with van der Waals surface area (Å²) in [4.78, 5) is 56.4. The van der Waals surface area contributed by atoms with Crippen molar-refractivity contribution in [1.82, 2.24) is 15.3 Å². The van der Waals surface area contributed by atoms with E-state index in [9.17, 15) is 19.2 Å². The molecule has 4 N–H and O–H groups in total. The van der Waals surface area contributed by atoms with Gasteiger partial charge in [-0.25, -0.2) is 9.78 Å². The third kappa shape index (κ3) is 8.91. The van der Waals surface area contributed by atoms with Crippen LogP contribution < -0.4 is 16.0 Å². The molecule has 0 saturated heterocycles. The van der Waals surface area contributed by atoms with Gasteiger partial charge in [-0.05, 0) is 75.2 Å². The molecule has 41 heavy (non-hydrogen) atoms. The average Bonchev–Trinajstić information content (AvgIpc) is 3.42. The molecule has 214 valence electrons. The molecule has 0 aliphatic heterocycles. The standard InChI is InChI=1S/C30H32ClN5O5/c1-5-6-7-8-27(38)35-25-16-22(34-30(40)41-4)11-13-24(25)26-17-32-29(36-26)18(2)33-28(39)14-9-20-15-21(31)10-12-23(20)19(3)37/h5-6,9-18H,7-8H2,1-4H3,(H,32,36)(H,33,39)(H,34,40)(H,35,38)/b6-5+,14-9+/t18-/m0/s1. The van der Waals surface area contributed by atoms with Gasteiger partial charge in [0.15, 0.2) is 5.78 Å². The number of methoxy groups -OCH3 is 1. The Morgan fingerprint density at radius 1 is 1.12 bits per heavy atom. The van der Waals surface area contributed by atoms with Gasteiger partial charge >= 0.3 is 6.09 Å². The van der Waals surface area contributed by atoms with Crippen LogP contribution in [0.2, 0.25) is 5.02 Å². The Labute approximate surface area is 243 Å². The summed E-state index contributed by atoms with van der Waals surface area (Å²) in [6, 6.07) is 9.39. The number of halogens is 1. The number of ketones is 1. The predicted octanol–water partition coefficient (Wildman–Crippen LogP) is 6.30. The van der Waals surface area contributed by atoms with Crippen molar-refractivity contribution in [1.29, 1.82) is 0 Å². The Hall–Kier alpha value is -4.70. The number of anilines is 2. The first-order chi connectivity index (χ1) is 19.6. The maximum absolute atomic E-state index is 12.6. The van der Waals surface area contributed by atoms with Crippen LogP contribution in [-0.2, 0) is 14.3 Å². The number of nitrogens with zero attached hydrogens (tertiary/aromatic N) is 1. The summed E-state index contributed by atoms with van der Waals surface area (Å²) >= 11 is 6.05. The monoisotopic (exact) mass is 577 g/mol. The first kappa shape index (κ1) is 30.8. The second kappa shape index (κ2) is 14.6. The molecule has 0 bridgehead atoms. The fourth-order valence-electron chi connectivity index (χ4n) is 3.90. The van der Waals surface area contributed by atoms with E-state index in [1.165, 1.54) is 26.2 Å². The normalized spacial score (nSPS) is 11.8. The van der Waals surface area contributed by atoms with E-state index in [4.69, 9.17) is 11.6 Å². The zero-order valence-electron chi connectivity index (χ0n) is 23.2. The van der Waals surface area contributed by atoms with E-state index in [2.05, 4.69) is 30.7 Å². The van der Waals surface area contributed by atoms with E-state index in [0.717, 1.165) is 0 Å². The van der Waals surface area contributed by atoms with Gasteiger partial charge in [0.25, 0.3) is 0 Å². The van der Waals surface area contributed by atoms with Gasteiger partial charge in [-0.3, -0.25) is 19.7 Å². The fraction of sp³-hybridized carbons (Fsp3) is 0.233. The minimum atomic E-state index is -0.640. The fourth-order valence-corrected chi connectivity index (χ4v) is 4.08. The number of aromatic amines is 1. The lowest BCUT2D eigenvalue weighted by atomic mass is 10.0. The van der Waals surface area contributed by atoms with Gasteiger partial charge in [0, 0.05) is 34.3 Å². The molecule has 2 aromatic carbocycles. The number of H-pyrrole nitrogens is 1. The number of hydrogen-bond acceptors (Lipinski definition) is 6. The van der Waals surface area contributed by atoms with Crippen molar-refractivity contribution in [2.45, 2.75) is 39.7 Å². The highest BCUT2D eigenvalue weighted by atomic mass is 35.5. The van der Waals surface area contributed by atoms with Crippen molar-refractivity contribution < 1.29 is 23.9 Å².